The first-order valence-corrected chi connectivity index (χ1v) is 5.65. The van der Waals surface area contributed by atoms with Crippen LogP contribution in [0, 0.1) is 0 Å². The first kappa shape index (κ1) is 13.5. The zero-order chi connectivity index (χ0) is 12.8. The van der Waals surface area contributed by atoms with Crippen LogP contribution in [-0.2, 0) is 11.2 Å². The highest BCUT2D eigenvalue weighted by molar-refractivity contribution is 5.66. The molecule has 2 N–H and O–H groups in total. The van der Waals surface area contributed by atoms with Crippen LogP contribution in [0.4, 0.5) is 0 Å². The molecule has 0 fully saturated rings. The van der Waals surface area contributed by atoms with Crippen LogP contribution < -0.4 is 4.74 Å². The summed E-state index contributed by atoms with van der Waals surface area (Å²) < 4.78 is 5.17. The van der Waals surface area contributed by atoms with Gasteiger partial charge in [-0.05, 0) is 30.5 Å². The zero-order valence-corrected chi connectivity index (χ0v) is 10.1. The average Bonchev–Trinajstić information content (AvgIpc) is 2.34. The van der Waals surface area contributed by atoms with E-state index in [-0.39, 0.29) is 12.8 Å². The average molecular weight is 238 g/mol. The standard InChI is InChI=1S/C13H18O4/c1-3-9-4-6-12(17-2)10(8-9)11(14)5-7-13(15)16/h4,6,8,11,14H,3,5,7H2,1-2H3,(H,15,16)/t11-/m1/s1. The van der Waals surface area contributed by atoms with Gasteiger partial charge >= 0.3 is 5.97 Å². The lowest BCUT2D eigenvalue weighted by molar-refractivity contribution is -0.137. The second kappa shape index (κ2) is 6.25. The van der Waals surface area contributed by atoms with E-state index < -0.39 is 12.1 Å². The number of aliphatic hydroxyl groups is 1. The summed E-state index contributed by atoms with van der Waals surface area (Å²) >= 11 is 0. The van der Waals surface area contributed by atoms with Crippen LogP contribution in [0.2, 0.25) is 0 Å². The Labute approximate surface area is 101 Å². The Bertz CT molecular complexity index is 387. The molecule has 0 unspecified atom stereocenters. The van der Waals surface area contributed by atoms with Gasteiger partial charge in [0.25, 0.3) is 0 Å². The van der Waals surface area contributed by atoms with E-state index in [1.54, 1.807) is 6.07 Å². The van der Waals surface area contributed by atoms with Crippen molar-refractivity contribution in [2.24, 2.45) is 0 Å². The molecule has 0 aliphatic heterocycles. The van der Waals surface area contributed by atoms with Crippen molar-refractivity contribution in [3.8, 4) is 5.75 Å². The van der Waals surface area contributed by atoms with E-state index in [2.05, 4.69) is 0 Å². The maximum atomic E-state index is 10.5. The van der Waals surface area contributed by atoms with E-state index in [0.29, 0.717) is 11.3 Å². The van der Waals surface area contributed by atoms with E-state index in [0.717, 1.165) is 12.0 Å². The molecule has 4 nitrogen and oxygen atoms in total. The van der Waals surface area contributed by atoms with Gasteiger partial charge in [-0.1, -0.05) is 13.0 Å². The van der Waals surface area contributed by atoms with Gasteiger partial charge < -0.3 is 14.9 Å². The summed E-state index contributed by atoms with van der Waals surface area (Å²) in [6.07, 6.45) is 0.204. The van der Waals surface area contributed by atoms with Crippen molar-refractivity contribution in [1.29, 1.82) is 0 Å². The smallest absolute Gasteiger partial charge is 0.303 e. The predicted octanol–water partition coefficient (Wildman–Crippen LogP) is 2.16. The van der Waals surface area contributed by atoms with Crippen LogP contribution in [0.25, 0.3) is 0 Å². The Morgan fingerprint density at radius 2 is 2.18 bits per heavy atom. The number of methoxy groups -OCH3 is 1. The monoisotopic (exact) mass is 238 g/mol. The zero-order valence-electron chi connectivity index (χ0n) is 10.1. The SMILES string of the molecule is CCc1ccc(OC)c([C@H](O)CCC(=O)O)c1. The molecule has 0 aliphatic carbocycles. The van der Waals surface area contributed by atoms with Gasteiger partial charge in [0.1, 0.15) is 5.75 Å². The molecule has 4 heteroatoms. The minimum Gasteiger partial charge on any atom is -0.496 e. The Hall–Kier alpha value is -1.55. The van der Waals surface area contributed by atoms with Crippen molar-refractivity contribution in [1.82, 2.24) is 0 Å². The number of hydrogen-bond donors (Lipinski definition) is 2. The Kier molecular flexibility index (Phi) is 4.97. The quantitative estimate of drug-likeness (QED) is 0.797. The lowest BCUT2D eigenvalue weighted by atomic mass is 10.0. The van der Waals surface area contributed by atoms with Crippen molar-refractivity contribution in [2.45, 2.75) is 32.3 Å². The number of aryl methyl sites for hydroxylation is 1. The summed E-state index contributed by atoms with van der Waals surface area (Å²) in [6, 6.07) is 5.61. The fraction of sp³-hybridized carbons (Fsp3) is 0.462. The van der Waals surface area contributed by atoms with Crippen molar-refractivity contribution >= 4 is 5.97 Å². The van der Waals surface area contributed by atoms with Crippen molar-refractivity contribution in [3.63, 3.8) is 0 Å². The number of ether oxygens (including phenoxy) is 1. The molecular weight excluding hydrogens is 220 g/mol. The number of carboxylic acid groups (broad SMARTS) is 1. The molecule has 0 amide bonds. The molecule has 94 valence electrons. The molecule has 0 aliphatic rings. The first-order chi connectivity index (χ1) is 8.08. The van der Waals surface area contributed by atoms with Crippen LogP contribution in [0.3, 0.4) is 0 Å². The van der Waals surface area contributed by atoms with Gasteiger partial charge in [0, 0.05) is 12.0 Å². The van der Waals surface area contributed by atoms with E-state index >= 15 is 0 Å². The summed E-state index contributed by atoms with van der Waals surface area (Å²) in [5.74, 6) is -0.310. The Balaban J connectivity index is 2.88. The summed E-state index contributed by atoms with van der Waals surface area (Å²) in [6.45, 7) is 2.02. The summed E-state index contributed by atoms with van der Waals surface area (Å²) in [5.41, 5.74) is 1.75. The minimum atomic E-state index is -0.908. The predicted molar refractivity (Wildman–Crippen MR) is 64.2 cm³/mol. The van der Waals surface area contributed by atoms with Gasteiger partial charge in [0.05, 0.1) is 13.2 Å². The number of benzene rings is 1. The largest absolute Gasteiger partial charge is 0.496 e. The van der Waals surface area contributed by atoms with Crippen LogP contribution >= 0.6 is 0 Å². The van der Waals surface area contributed by atoms with E-state index in [1.165, 1.54) is 7.11 Å². The van der Waals surface area contributed by atoms with Gasteiger partial charge in [-0.2, -0.15) is 0 Å². The molecule has 0 aromatic heterocycles. The molecule has 0 heterocycles. The fourth-order valence-corrected chi connectivity index (χ4v) is 1.68. The second-order valence-electron chi connectivity index (χ2n) is 3.88. The van der Waals surface area contributed by atoms with Crippen LogP contribution in [0.15, 0.2) is 18.2 Å². The van der Waals surface area contributed by atoms with Crippen molar-refractivity contribution < 1.29 is 19.7 Å². The summed E-state index contributed by atoms with van der Waals surface area (Å²) in [4.78, 5) is 10.5. The van der Waals surface area contributed by atoms with E-state index in [4.69, 9.17) is 9.84 Å². The third-order valence-electron chi connectivity index (χ3n) is 2.69. The van der Waals surface area contributed by atoms with Gasteiger partial charge in [0.2, 0.25) is 0 Å². The third-order valence-corrected chi connectivity index (χ3v) is 2.69. The topological polar surface area (TPSA) is 66.8 Å². The number of rotatable bonds is 6. The van der Waals surface area contributed by atoms with Crippen LogP contribution in [0.5, 0.6) is 5.75 Å². The lowest BCUT2D eigenvalue weighted by Crippen LogP contribution is -2.05. The minimum absolute atomic E-state index is 0.0549. The normalized spacial score (nSPS) is 12.2. The maximum absolute atomic E-state index is 10.5. The summed E-state index contributed by atoms with van der Waals surface area (Å²) in [5, 5.41) is 18.6. The van der Waals surface area contributed by atoms with Crippen LogP contribution in [0.1, 0.15) is 37.0 Å². The number of hydrogen-bond acceptors (Lipinski definition) is 3. The molecule has 0 bridgehead atoms. The van der Waals surface area contributed by atoms with Crippen molar-refractivity contribution in [3.05, 3.63) is 29.3 Å². The van der Waals surface area contributed by atoms with Gasteiger partial charge in [-0.3, -0.25) is 4.79 Å². The van der Waals surface area contributed by atoms with E-state index in [1.807, 2.05) is 19.1 Å². The van der Waals surface area contributed by atoms with Gasteiger partial charge in [-0.25, -0.2) is 0 Å². The molecule has 0 saturated heterocycles. The highest BCUT2D eigenvalue weighted by Gasteiger charge is 2.15. The number of carboxylic acids is 1. The molecule has 0 radical (unpaired) electrons. The number of carbonyl (C=O) groups is 1. The van der Waals surface area contributed by atoms with Crippen molar-refractivity contribution in [2.75, 3.05) is 7.11 Å². The fourth-order valence-electron chi connectivity index (χ4n) is 1.68. The highest BCUT2D eigenvalue weighted by atomic mass is 16.5. The third kappa shape index (κ3) is 3.75. The number of aliphatic hydroxyl groups excluding tert-OH is 1. The van der Waals surface area contributed by atoms with Gasteiger partial charge in [-0.15, -0.1) is 0 Å². The molecule has 0 spiro atoms. The second-order valence-corrected chi connectivity index (χ2v) is 3.88. The van der Waals surface area contributed by atoms with Crippen LogP contribution in [-0.4, -0.2) is 23.3 Å². The Morgan fingerprint density at radius 1 is 1.47 bits per heavy atom. The van der Waals surface area contributed by atoms with E-state index in [9.17, 15) is 9.90 Å². The Morgan fingerprint density at radius 3 is 2.71 bits per heavy atom. The number of aliphatic carboxylic acids is 1. The molecule has 17 heavy (non-hydrogen) atoms. The molecule has 1 aromatic carbocycles. The lowest BCUT2D eigenvalue weighted by Gasteiger charge is -2.15. The molecular formula is C13H18O4. The summed E-state index contributed by atoms with van der Waals surface area (Å²) in [7, 11) is 1.54. The van der Waals surface area contributed by atoms with Gasteiger partial charge in [0.15, 0.2) is 0 Å². The highest BCUT2D eigenvalue weighted by Crippen LogP contribution is 2.29. The maximum Gasteiger partial charge on any atom is 0.303 e. The first-order valence-electron chi connectivity index (χ1n) is 5.65. The molecule has 0 saturated carbocycles. The molecule has 1 atom stereocenters. The molecule has 1 rings (SSSR count). The molecule has 1 aromatic rings.